The number of alkyl halides is 3. The lowest BCUT2D eigenvalue weighted by Crippen LogP contribution is -2.21. The van der Waals surface area contributed by atoms with Crippen LogP contribution in [-0.2, 0) is 9.09 Å². The highest BCUT2D eigenvalue weighted by Gasteiger charge is 2.27. The molecule has 1 saturated carbocycles. The van der Waals surface area contributed by atoms with Gasteiger partial charge in [0, 0.05) is 12.6 Å². The third-order valence-electron chi connectivity index (χ3n) is 2.75. The van der Waals surface area contributed by atoms with E-state index >= 15 is 0 Å². The minimum Gasteiger partial charge on any atom is -0.778 e. The van der Waals surface area contributed by atoms with Crippen LogP contribution in [0, 0.1) is 0 Å². The highest BCUT2D eigenvalue weighted by atomic mass is 31.2. The molecule has 0 aromatic carbocycles. The summed E-state index contributed by atoms with van der Waals surface area (Å²) in [6, 6.07) is 0. The van der Waals surface area contributed by atoms with Gasteiger partial charge in [0.15, 0.2) is 0 Å². The summed E-state index contributed by atoms with van der Waals surface area (Å²) in [5, 5.41) is 0. The molecule has 0 aromatic rings. The van der Waals surface area contributed by atoms with Gasteiger partial charge in [-0.25, -0.2) is 0 Å². The molecule has 0 aliphatic heterocycles. The predicted octanol–water partition coefficient (Wildman–Crippen LogP) is 3.23. The Bertz CT molecular complexity index is 274. The van der Waals surface area contributed by atoms with Gasteiger partial charge in [0.2, 0.25) is 0 Å². The van der Waals surface area contributed by atoms with Crippen molar-refractivity contribution in [1.29, 1.82) is 0 Å². The minimum absolute atomic E-state index is 0.321. The summed E-state index contributed by atoms with van der Waals surface area (Å²) < 4.78 is 51.9. The Morgan fingerprint density at radius 1 is 1.24 bits per heavy atom. The smallest absolute Gasteiger partial charge is 0.389 e. The van der Waals surface area contributed by atoms with Crippen LogP contribution in [0.4, 0.5) is 13.2 Å². The van der Waals surface area contributed by atoms with Crippen LogP contribution < -0.4 is 4.89 Å². The second kappa shape index (κ2) is 6.21. The zero-order valence-electron chi connectivity index (χ0n) is 9.54. The summed E-state index contributed by atoms with van der Waals surface area (Å²) in [7, 11) is -4.10. The van der Waals surface area contributed by atoms with Gasteiger partial charge in [-0.05, 0) is 19.3 Å². The molecule has 0 aromatic heterocycles. The first-order valence-corrected chi connectivity index (χ1v) is 7.56. The Balaban J connectivity index is 2.27. The van der Waals surface area contributed by atoms with Gasteiger partial charge in [0.1, 0.15) is 7.60 Å². The van der Waals surface area contributed by atoms with Crippen molar-refractivity contribution in [1.82, 2.24) is 0 Å². The zero-order chi connectivity index (χ0) is 12.9. The zero-order valence-corrected chi connectivity index (χ0v) is 10.4. The number of rotatable bonds is 5. The molecule has 17 heavy (non-hydrogen) atoms. The molecule has 102 valence electrons. The lowest BCUT2D eigenvalue weighted by Gasteiger charge is -2.31. The van der Waals surface area contributed by atoms with Crippen LogP contribution >= 0.6 is 7.60 Å². The van der Waals surface area contributed by atoms with Crippen molar-refractivity contribution in [2.45, 2.75) is 57.2 Å². The van der Waals surface area contributed by atoms with E-state index < -0.39 is 32.8 Å². The second-order valence-corrected chi connectivity index (χ2v) is 6.30. The van der Waals surface area contributed by atoms with Crippen LogP contribution in [0.1, 0.15) is 44.9 Å². The van der Waals surface area contributed by atoms with E-state index in [0.29, 0.717) is 12.8 Å². The highest BCUT2D eigenvalue weighted by molar-refractivity contribution is 7.51. The van der Waals surface area contributed by atoms with Gasteiger partial charge in [0.05, 0.1) is 6.10 Å². The Kier molecular flexibility index (Phi) is 5.48. The van der Waals surface area contributed by atoms with E-state index in [1.807, 2.05) is 0 Å². The molecule has 1 rings (SSSR count). The van der Waals surface area contributed by atoms with Crippen LogP contribution in [0.15, 0.2) is 0 Å². The van der Waals surface area contributed by atoms with Crippen LogP contribution in [0.3, 0.4) is 0 Å². The summed E-state index contributed by atoms with van der Waals surface area (Å²) in [6.07, 6.45) is -2.36. The standard InChI is InChI=1S/C10H18F3O3P/c11-10(12,13)7-4-8-17(14,15)16-9-5-2-1-3-6-9/h9H,1-8H2,(H,14,15)/p-1. The molecule has 1 aliphatic rings. The molecular weight excluding hydrogens is 256 g/mol. The quantitative estimate of drug-likeness (QED) is 0.722. The minimum atomic E-state index is -4.30. The van der Waals surface area contributed by atoms with E-state index in [4.69, 9.17) is 4.52 Å². The summed E-state index contributed by atoms with van der Waals surface area (Å²) in [5.74, 6) is 0. The Morgan fingerprint density at radius 3 is 2.35 bits per heavy atom. The van der Waals surface area contributed by atoms with Crippen molar-refractivity contribution in [2.75, 3.05) is 6.16 Å². The van der Waals surface area contributed by atoms with Crippen LogP contribution in [0.5, 0.6) is 0 Å². The fourth-order valence-corrected chi connectivity index (χ4v) is 3.24. The molecular formula is C10H17F3O3P-. The maximum absolute atomic E-state index is 11.9. The van der Waals surface area contributed by atoms with Crippen molar-refractivity contribution < 1.29 is 27.2 Å². The summed E-state index contributed by atoms with van der Waals surface area (Å²) in [5.41, 5.74) is 0. The van der Waals surface area contributed by atoms with Gasteiger partial charge in [0.25, 0.3) is 0 Å². The van der Waals surface area contributed by atoms with Gasteiger partial charge < -0.3 is 14.0 Å². The first kappa shape index (κ1) is 15.0. The Hall–Kier alpha value is -0.0600. The Labute approximate surface area is 98.9 Å². The predicted molar refractivity (Wildman–Crippen MR) is 55.7 cm³/mol. The molecule has 1 unspecified atom stereocenters. The molecule has 0 bridgehead atoms. The molecule has 3 nitrogen and oxygen atoms in total. The van der Waals surface area contributed by atoms with Crippen molar-refractivity contribution in [3.63, 3.8) is 0 Å². The lowest BCUT2D eigenvalue weighted by atomic mass is 9.98. The molecule has 0 spiro atoms. The average Bonchev–Trinajstić information content (AvgIpc) is 2.15. The highest BCUT2D eigenvalue weighted by Crippen LogP contribution is 2.43. The maximum Gasteiger partial charge on any atom is 0.389 e. The largest absolute Gasteiger partial charge is 0.778 e. The topological polar surface area (TPSA) is 49.4 Å². The molecule has 1 atom stereocenters. The van der Waals surface area contributed by atoms with Gasteiger partial charge in [-0.2, -0.15) is 13.2 Å². The van der Waals surface area contributed by atoms with Gasteiger partial charge in [-0.3, -0.25) is 0 Å². The number of hydrogen-bond donors (Lipinski definition) is 0. The van der Waals surface area contributed by atoms with E-state index in [1.165, 1.54) is 0 Å². The average molecular weight is 273 g/mol. The number of halogens is 3. The molecule has 0 N–H and O–H groups in total. The fraction of sp³-hybridized carbons (Fsp3) is 1.00. The fourth-order valence-electron chi connectivity index (χ4n) is 1.92. The van der Waals surface area contributed by atoms with Crippen molar-refractivity contribution in [2.24, 2.45) is 0 Å². The molecule has 0 heterocycles. The van der Waals surface area contributed by atoms with E-state index in [2.05, 4.69) is 0 Å². The lowest BCUT2D eigenvalue weighted by molar-refractivity contribution is -0.203. The normalized spacial score (nSPS) is 22.4. The molecule has 1 fully saturated rings. The first-order valence-electron chi connectivity index (χ1n) is 5.84. The molecule has 0 amide bonds. The van der Waals surface area contributed by atoms with Gasteiger partial charge >= 0.3 is 6.18 Å². The summed E-state index contributed by atoms with van der Waals surface area (Å²) in [6.45, 7) is 0. The third kappa shape index (κ3) is 7.06. The monoisotopic (exact) mass is 273 g/mol. The van der Waals surface area contributed by atoms with E-state index in [-0.39, 0.29) is 6.10 Å². The van der Waals surface area contributed by atoms with E-state index in [0.717, 1.165) is 19.3 Å². The van der Waals surface area contributed by atoms with Crippen molar-refractivity contribution in [3.05, 3.63) is 0 Å². The van der Waals surface area contributed by atoms with Crippen LogP contribution in [-0.4, -0.2) is 18.4 Å². The molecule has 1 aliphatic carbocycles. The maximum atomic E-state index is 11.9. The Morgan fingerprint density at radius 2 is 1.82 bits per heavy atom. The molecule has 0 saturated heterocycles. The van der Waals surface area contributed by atoms with Crippen molar-refractivity contribution >= 4 is 7.60 Å². The van der Waals surface area contributed by atoms with Crippen molar-refractivity contribution in [3.8, 4) is 0 Å². The van der Waals surface area contributed by atoms with Crippen LogP contribution in [0.25, 0.3) is 0 Å². The SMILES string of the molecule is O=P([O-])(CCCC(F)(F)F)OC1CCCCC1. The van der Waals surface area contributed by atoms with Gasteiger partial charge in [-0.1, -0.05) is 19.3 Å². The summed E-state index contributed by atoms with van der Waals surface area (Å²) >= 11 is 0. The van der Waals surface area contributed by atoms with Gasteiger partial charge in [-0.15, -0.1) is 0 Å². The molecule has 7 heteroatoms. The van der Waals surface area contributed by atoms with E-state index in [9.17, 15) is 22.6 Å². The number of hydrogen-bond acceptors (Lipinski definition) is 3. The third-order valence-corrected chi connectivity index (χ3v) is 4.24. The molecule has 0 radical (unpaired) electrons. The second-order valence-electron chi connectivity index (χ2n) is 4.42. The first-order chi connectivity index (χ1) is 7.79. The summed E-state index contributed by atoms with van der Waals surface area (Å²) in [4.78, 5) is 11.4. The van der Waals surface area contributed by atoms with Crippen LogP contribution in [0.2, 0.25) is 0 Å². The van der Waals surface area contributed by atoms with E-state index in [1.54, 1.807) is 0 Å².